The van der Waals surface area contributed by atoms with Crippen molar-refractivity contribution in [1.29, 1.82) is 0 Å². The van der Waals surface area contributed by atoms with E-state index in [0.717, 1.165) is 0 Å². The summed E-state index contributed by atoms with van der Waals surface area (Å²) in [6.07, 6.45) is 3.58. The lowest BCUT2D eigenvalue weighted by atomic mass is 10.4. The minimum absolute atomic E-state index is 0.288. The molecule has 0 unspecified atom stereocenters. The van der Waals surface area contributed by atoms with Gasteiger partial charge in [-0.15, -0.1) is 0 Å². The Labute approximate surface area is 59.4 Å². The third kappa shape index (κ3) is 5.11. The van der Waals surface area contributed by atoms with E-state index >= 15 is 0 Å². The van der Waals surface area contributed by atoms with Gasteiger partial charge >= 0.3 is 6.09 Å². The fraction of sp³-hybridized carbons (Fsp3) is 0.500. The summed E-state index contributed by atoms with van der Waals surface area (Å²) in [5.41, 5.74) is 1.36. The molecule has 0 aromatic carbocycles. The Morgan fingerprint density at radius 3 is 3.00 bits per heavy atom. The highest BCUT2D eigenvalue weighted by Gasteiger charge is 1.94. The number of carbonyl (C=O) groups is 1. The van der Waals surface area contributed by atoms with Crippen LogP contribution in [0.4, 0.5) is 4.79 Å². The van der Waals surface area contributed by atoms with E-state index in [0.29, 0.717) is 6.42 Å². The van der Waals surface area contributed by atoms with Crippen LogP contribution >= 0.6 is 0 Å². The van der Waals surface area contributed by atoms with Gasteiger partial charge in [0, 0.05) is 0 Å². The first kappa shape index (κ1) is 8.97. The molecule has 0 aromatic rings. The number of carbonyl (C=O) groups excluding carboxylic acids is 1. The number of amides is 1. The van der Waals surface area contributed by atoms with Crippen molar-refractivity contribution < 1.29 is 14.7 Å². The van der Waals surface area contributed by atoms with Gasteiger partial charge in [-0.25, -0.2) is 10.3 Å². The lowest BCUT2D eigenvalue weighted by Gasteiger charge is -1.98. The maximum absolute atomic E-state index is 10.2. The molecule has 0 radical (unpaired) electrons. The van der Waals surface area contributed by atoms with E-state index in [2.05, 4.69) is 4.74 Å². The van der Waals surface area contributed by atoms with Gasteiger partial charge in [0.05, 0.1) is 6.61 Å². The Kier molecular flexibility index (Phi) is 5.47. The molecule has 0 heterocycles. The van der Waals surface area contributed by atoms with Gasteiger partial charge in [-0.2, -0.15) is 0 Å². The average Bonchev–Trinajstić information content (AvgIpc) is 1.98. The van der Waals surface area contributed by atoms with E-state index in [4.69, 9.17) is 5.21 Å². The lowest BCUT2D eigenvalue weighted by molar-refractivity contribution is 0.0904. The van der Waals surface area contributed by atoms with Crippen molar-refractivity contribution in [3.63, 3.8) is 0 Å². The number of nitrogens with one attached hydrogen (secondary N) is 1. The predicted octanol–water partition coefficient (Wildman–Crippen LogP) is 1.07. The Morgan fingerprint density at radius 1 is 1.80 bits per heavy atom. The Balaban J connectivity index is 3.11. The molecule has 0 atom stereocenters. The molecule has 4 heteroatoms. The molecule has 4 nitrogen and oxygen atoms in total. The van der Waals surface area contributed by atoms with Crippen LogP contribution in [0.15, 0.2) is 12.2 Å². The van der Waals surface area contributed by atoms with Crippen LogP contribution in [0.5, 0.6) is 0 Å². The van der Waals surface area contributed by atoms with Crippen LogP contribution in [-0.4, -0.2) is 17.9 Å². The first-order valence-electron chi connectivity index (χ1n) is 2.99. The number of rotatable bonds is 3. The highest BCUT2D eigenvalue weighted by atomic mass is 16.6. The standard InChI is InChI=1S/C6H11NO3/c1-2-3-4-5-10-6(8)7-9/h2-3,9H,4-5H2,1H3,(H,7,8)/b3-2+. The first-order valence-corrected chi connectivity index (χ1v) is 2.99. The molecule has 0 saturated heterocycles. The maximum atomic E-state index is 10.2. The van der Waals surface area contributed by atoms with Crippen LogP contribution in [0.3, 0.4) is 0 Å². The van der Waals surface area contributed by atoms with E-state index in [1.807, 2.05) is 19.1 Å². The molecule has 2 N–H and O–H groups in total. The van der Waals surface area contributed by atoms with E-state index in [1.54, 1.807) is 0 Å². The second kappa shape index (κ2) is 6.10. The molecule has 10 heavy (non-hydrogen) atoms. The maximum Gasteiger partial charge on any atom is 0.431 e. The normalized spacial score (nSPS) is 9.80. The molecule has 1 amide bonds. The van der Waals surface area contributed by atoms with Gasteiger partial charge in [0.15, 0.2) is 0 Å². The SMILES string of the molecule is C/C=C/CCOC(=O)NO. The van der Waals surface area contributed by atoms with Crippen molar-refractivity contribution in [2.24, 2.45) is 0 Å². The number of hydrogen-bond donors (Lipinski definition) is 2. The predicted molar refractivity (Wildman–Crippen MR) is 35.7 cm³/mol. The van der Waals surface area contributed by atoms with E-state index in [-0.39, 0.29) is 6.61 Å². The molecule has 0 fully saturated rings. The van der Waals surface area contributed by atoms with Crippen molar-refractivity contribution in [2.45, 2.75) is 13.3 Å². The third-order valence-electron chi connectivity index (χ3n) is 0.845. The number of allylic oxidation sites excluding steroid dienone is 1. The summed E-state index contributed by atoms with van der Waals surface area (Å²) in [4.78, 5) is 10.2. The Hall–Kier alpha value is -1.03. The Bertz CT molecular complexity index is 122. The van der Waals surface area contributed by atoms with Gasteiger partial charge < -0.3 is 4.74 Å². The Morgan fingerprint density at radius 2 is 2.50 bits per heavy atom. The minimum atomic E-state index is -0.815. The van der Waals surface area contributed by atoms with Crippen LogP contribution < -0.4 is 5.48 Å². The molecule has 0 rings (SSSR count). The summed E-state index contributed by atoms with van der Waals surface area (Å²) in [5.74, 6) is 0. The lowest BCUT2D eigenvalue weighted by Crippen LogP contribution is -2.20. The molecular weight excluding hydrogens is 134 g/mol. The summed E-state index contributed by atoms with van der Waals surface area (Å²) in [6.45, 7) is 2.17. The van der Waals surface area contributed by atoms with Gasteiger partial charge in [0.25, 0.3) is 0 Å². The van der Waals surface area contributed by atoms with Crippen molar-refractivity contribution in [1.82, 2.24) is 5.48 Å². The van der Waals surface area contributed by atoms with Crippen LogP contribution in [-0.2, 0) is 4.74 Å². The van der Waals surface area contributed by atoms with Crippen LogP contribution in [0.25, 0.3) is 0 Å². The summed E-state index contributed by atoms with van der Waals surface area (Å²) < 4.78 is 4.44. The van der Waals surface area contributed by atoms with E-state index < -0.39 is 6.09 Å². The summed E-state index contributed by atoms with van der Waals surface area (Å²) in [6, 6.07) is 0. The quantitative estimate of drug-likeness (QED) is 0.270. The smallest absolute Gasteiger partial charge is 0.431 e. The monoisotopic (exact) mass is 145 g/mol. The number of ether oxygens (including phenoxy) is 1. The highest BCUT2D eigenvalue weighted by Crippen LogP contribution is 1.84. The zero-order chi connectivity index (χ0) is 7.82. The van der Waals surface area contributed by atoms with Gasteiger partial charge in [0.1, 0.15) is 0 Å². The van der Waals surface area contributed by atoms with Gasteiger partial charge in [-0.3, -0.25) is 5.21 Å². The van der Waals surface area contributed by atoms with Gasteiger partial charge in [-0.05, 0) is 13.3 Å². The molecule has 0 bridgehead atoms. The first-order chi connectivity index (χ1) is 4.81. The number of hydroxylamine groups is 1. The third-order valence-corrected chi connectivity index (χ3v) is 0.845. The number of hydrogen-bond acceptors (Lipinski definition) is 3. The van der Waals surface area contributed by atoms with Crippen molar-refractivity contribution >= 4 is 6.09 Å². The highest BCUT2D eigenvalue weighted by molar-refractivity contribution is 5.65. The van der Waals surface area contributed by atoms with Crippen LogP contribution in [0.1, 0.15) is 13.3 Å². The average molecular weight is 145 g/mol. The minimum Gasteiger partial charge on any atom is -0.448 e. The van der Waals surface area contributed by atoms with Crippen LogP contribution in [0, 0.1) is 0 Å². The van der Waals surface area contributed by atoms with Crippen molar-refractivity contribution in [2.75, 3.05) is 6.61 Å². The molecule has 0 aromatic heterocycles. The molecular formula is C6H11NO3. The van der Waals surface area contributed by atoms with Gasteiger partial charge in [0.2, 0.25) is 0 Å². The topological polar surface area (TPSA) is 58.6 Å². The molecule has 0 saturated carbocycles. The second-order valence-corrected chi connectivity index (χ2v) is 1.61. The van der Waals surface area contributed by atoms with E-state index in [9.17, 15) is 4.79 Å². The fourth-order valence-corrected chi connectivity index (χ4v) is 0.419. The molecule has 58 valence electrons. The summed E-state index contributed by atoms with van der Waals surface area (Å²) in [7, 11) is 0. The van der Waals surface area contributed by atoms with Gasteiger partial charge in [-0.1, -0.05) is 12.2 Å². The fourth-order valence-electron chi connectivity index (χ4n) is 0.419. The molecule has 0 aliphatic heterocycles. The molecule has 0 spiro atoms. The van der Waals surface area contributed by atoms with Crippen molar-refractivity contribution in [3.05, 3.63) is 12.2 Å². The largest absolute Gasteiger partial charge is 0.448 e. The van der Waals surface area contributed by atoms with E-state index in [1.165, 1.54) is 5.48 Å². The molecule has 0 aliphatic rings. The summed E-state index contributed by atoms with van der Waals surface area (Å²) >= 11 is 0. The zero-order valence-corrected chi connectivity index (χ0v) is 5.83. The van der Waals surface area contributed by atoms with Crippen LogP contribution in [0.2, 0.25) is 0 Å². The summed E-state index contributed by atoms with van der Waals surface area (Å²) in [5, 5.41) is 7.95. The van der Waals surface area contributed by atoms with Crippen molar-refractivity contribution in [3.8, 4) is 0 Å². The zero-order valence-electron chi connectivity index (χ0n) is 5.83. The molecule has 0 aliphatic carbocycles. The second-order valence-electron chi connectivity index (χ2n) is 1.61.